The Morgan fingerprint density at radius 3 is 2.50 bits per heavy atom. The number of nitrogens with one attached hydrogen (secondary N) is 1. The first-order valence-electron chi connectivity index (χ1n) is 7.84. The second-order valence-electron chi connectivity index (χ2n) is 6.30. The maximum Gasteiger partial charge on any atom is 0.243 e. The third-order valence-electron chi connectivity index (χ3n) is 4.34. The van der Waals surface area contributed by atoms with E-state index >= 15 is 0 Å². The lowest BCUT2D eigenvalue weighted by Gasteiger charge is -2.31. The summed E-state index contributed by atoms with van der Waals surface area (Å²) in [5, 5.41) is 2.98. The number of nitrogens with zero attached hydrogens (tertiary/aromatic N) is 1. The maximum absolute atomic E-state index is 12.7. The third kappa shape index (κ3) is 3.33. The normalized spacial score (nSPS) is 23.2. The molecule has 1 aromatic carbocycles. The predicted molar refractivity (Wildman–Crippen MR) is 83.8 cm³/mol. The van der Waals surface area contributed by atoms with Crippen LogP contribution in [0.4, 0.5) is 0 Å². The highest BCUT2D eigenvalue weighted by Gasteiger charge is 2.35. The van der Waals surface area contributed by atoms with Gasteiger partial charge in [0.2, 0.25) is 15.9 Å². The molecule has 2 fully saturated rings. The fraction of sp³-hybridized carbons (Fsp3) is 0.562. The van der Waals surface area contributed by atoms with Crippen molar-refractivity contribution in [2.75, 3.05) is 13.1 Å². The van der Waals surface area contributed by atoms with E-state index in [2.05, 4.69) is 5.32 Å². The highest BCUT2D eigenvalue weighted by atomic mass is 32.2. The van der Waals surface area contributed by atoms with E-state index in [9.17, 15) is 13.2 Å². The van der Waals surface area contributed by atoms with Crippen molar-refractivity contribution in [3.63, 3.8) is 0 Å². The summed E-state index contributed by atoms with van der Waals surface area (Å²) in [4.78, 5) is 12.5. The number of rotatable bonds is 4. The van der Waals surface area contributed by atoms with Crippen LogP contribution in [0.2, 0.25) is 0 Å². The van der Waals surface area contributed by atoms with Crippen LogP contribution >= 0.6 is 0 Å². The Morgan fingerprint density at radius 2 is 1.86 bits per heavy atom. The molecule has 1 heterocycles. The van der Waals surface area contributed by atoms with Gasteiger partial charge in [0.1, 0.15) is 0 Å². The van der Waals surface area contributed by atoms with Gasteiger partial charge < -0.3 is 5.32 Å². The minimum atomic E-state index is -3.50. The summed E-state index contributed by atoms with van der Waals surface area (Å²) in [5.74, 6) is -0.221. The Bertz CT molecular complexity index is 650. The summed E-state index contributed by atoms with van der Waals surface area (Å²) < 4.78 is 26.8. The number of benzene rings is 1. The molecule has 1 N–H and O–H groups in total. The Hall–Kier alpha value is -1.40. The number of amides is 1. The molecule has 0 radical (unpaired) electrons. The second-order valence-corrected chi connectivity index (χ2v) is 8.24. The van der Waals surface area contributed by atoms with Crippen molar-refractivity contribution in [3.8, 4) is 0 Å². The van der Waals surface area contributed by atoms with Crippen LogP contribution in [0.5, 0.6) is 0 Å². The number of carbonyl (C=O) groups excluding carboxylic acids is 1. The average molecular weight is 322 g/mol. The largest absolute Gasteiger partial charge is 0.353 e. The highest BCUT2D eigenvalue weighted by Crippen LogP contribution is 2.25. The molecule has 1 amide bonds. The van der Waals surface area contributed by atoms with Crippen molar-refractivity contribution in [2.24, 2.45) is 5.92 Å². The van der Waals surface area contributed by atoms with Gasteiger partial charge in [-0.1, -0.05) is 17.7 Å². The molecule has 2 aliphatic rings. The summed E-state index contributed by atoms with van der Waals surface area (Å²) in [6.07, 6.45) is 3.58. The lowest BCUT2D eigenvalue weighted by Crippen LogP contribution is -2.45. The summed E-state index contributed by atoms with van der Waals surface area (Å²) in [7, 11) is -3.50. The Labute approximate surface area is 131 Å². The molecule has 1 saturated heterocycles. The van der Waals surface area contributed by atoms with Gasteiger partial charge in [-0.05, 0) is 44.7 Å². The van der Waals surface area contributed by atoms with Crippen LogP contribution in [0.1, 0.15) is 31.2 Å². The molecular formula is C16H22N2O3S. The number of piperidine rings is 1. The number of sulfonamides is 1. The molecule has 0 aromatic heterocycles. The number of hydrogen-bond acceptors (Lipinski definition) is 3. The average Bonchev–Trinajstić information content (AvgIpc) is 3.32. The molecule has 0 unspecified atom stereocenters. The molecule has 1 aromatic rings. The zero-order valence-electron chi connectivity index (χ0n) is 12.8. The van der Waals surface area contributed by atoms with Crippen molar-refractivity contribution < 1.29 is 13.2 Å². The van der Waals surface area contributed by atoms with E-state index in [-0.39, 0.29) is 18.4 Å². The van der Waals surface area contributed by atoms with Crippen LogP contribution in [0.3, 0.4) is 0 Å². The molecule has 1 aliphatic carbocycles. The molecule has 3 rings (SSSR count). The minimum Gasteiger partial charge on any atom is -0.353 e. The van der Waals surface area contributed by atoms with Crippen LogP contribution < -0.4 is 5.32 Å². The predicted octanol–water partition coefficient (Wildman–Crippen LogP) is 1.67. The van der Waals surface area contributed by atoms with E-state index in [4.69, 9.17) is 0 Å². The van der Waals surface area contributed by atoms with Crippen molar-refractivity contribution in [3.05, 3.63) is 29.8 Å². The van der Waals surface area contributed by atoms with Gasteiger partial charge in [-0.2, -0.15) is 4.31 Å². The topological polar surface area (TPSA) is 66.5 Å². The highest BCUT2D eigenvalue weighted by molar-refractivity contribution is 7.89. The van der Waals surface area contributed by atoms with Crippen LogP contribution in [-0.2, 0) is 14.8 Å². The fourth-order valence-corrected chi connectivity index (χ4v) is 4.30. The lowest BCUT2D eigenvalue weighted by molar-refractivity contribution is -0.126. The Balaban J connectivity index is 1.72. The summed E-state index contributed by atoms with van der Waals surface area (Å²) in [6.45, 7) is 2.70. The minimum absolute atomic E-state index is 0.00584. The van der Waals surface area contributed by atoms with Crippen molar-refractivity contribution in [2.45, 2.75) is 43.5 Å². The van der Waals surface area contributed by atoms with Crippen molar-refractivity contribution in [1.82, 2.24) is 9.62 Å². The number of aryl methyl sites for hydroxylation is 1. The zero-order chi connectivity index (χ0) is 15.7. The molecule has 5 nitrogen and oxygen atoms in total. The van der Waals surface area contributed by atoms with E-state index in [1.807, 2.05) is 6.92 Å². The van der Waals surface area contributed by atoms with Gasteiger partial charge in [0.25, 0.3) is 0 Å². The fourth-order valence-electron chi connectivity index (χ4n) is 2.78. The molecular weight excluding hydrogens is 300 g/mol. The van der Waals surface area contributed by atoms with E-state index < -0.39 is 10.0 Å². The molecule has 6 heteroatoms. The number of hydrogen-bond donors (Lipinski definition) is 1. The molecule has 1 aliphatic heterocycles. The van der Waals surface area contributed by atoms with Gasteiger partial charge in [0, 0.05) is 19.1 Å². The molecule has 1 atom stereocenters. The van der Waals surface area contributed by atoms with Crippen LogP contribution in [0, 0.1) is 12.8 Å². The standard InChI is InChI=1S/C16H22N2O3S/c1-12-4-8-15(9-5-12)22(20,21)18-10-2-3-13(11-18)16(19)17-14-6-7-14/h4-5,8-9,13-14H,2-3,6-7,10-11H2,1H3,(H,17,19)/t13-/m0/s1. The van der Waals surface area contributed by atoms with Gasteiger partial charge in [-0.15, -0.1) is 0 Å². The Kier molecular flexibility index (Phi) is 4.23. The van der Waals surface area contributed by atoms with Crippen LogP contribution in [-0.4, -0.2) is 37.8 Å². The van der Waals surface area contributed by atoms with E-state index in [1.165, 1.54) is 4.31 Å². The van der Waals surface area contributed by atoms with Gasteiger partial charge in [0.05, 0.1) is 10.8 Å². The second kappa shape index (κ2) is 6.01. The maximum atomic E-state index is 12.7. The summed E-state index contributed by atoms with van der Waals surface area (Å²) in [6, 6.07) is 7.19. The number of carbonyl (C=O) groups is 1. The van der Waals surface area contributed by atoms with Gasteiger partial charge in [0.15, 0.2) is 0 Å². The molecule has 1 saturated carbocycles. The zero-order valence-corrected chi connectivity index (χ0v) is 13.6. The smallest absolute Gasteiger partial charge is 0.243 e. The lowest BCUT2D eigenvalue weighted by atomic mass is 9.99. The first kappa shape index (κ1) is 15.5. The third-order valence-corrected chi connectivity index (χ3v) is 6.22. The van der Waals surface area contributed by atoms with Crippen LogP contribution in [0.25, 0.3) is 0 Å². The van der Waals surface area contributed by atoms with Gasteiger partial charge in [-0.3, -0.25) is 4.79 Å². The first-order chi connectivity index (χ1) is 10.5. The monoisotopic (exact) mass is 322 g/mol. The van der Waals surface area contributed by atoms with E-state index in [0.717, 1.165) is 31.2 Å². The first-order valence-corrected chi connectivity index (χ1v) is 9.28. The van der Waals surface area contributed by atoms with Crippen molar-refractivity contribution >= 4 is 15.9 Å². The van der Waals surface area contributed by atoms with Gasteiger partial charge >= 0.3 is 0 Å². The van der Waals surface area contributed by atoms with Gasteiger partial charge in [-0.25, -0.2) is 8.42 Å². The molecule has 0 bridgehead atoms. The quantitative estimate of drug-likeness (QED) is 0.917. The van der Waals surface area contributed by atoms with E-state index in [1.54, 1.807) is 24.3 Å². The van der Waals surface area contributed by atoms with E-state index in [0.29, 0.717) is 17.5 Å². The Morgan fingerprint density at radius 1 is 1.18 bits per heavy atom. The summed E-state index contributed by atoms with van der Waals surface area (Å²) >= 11 is 0. The van der Waals surface area contributed by atoms with Crippen LogP contribution in [0.15, 0.2) is 29.2 Å². The molecule has 0 spiro atoms. The van der Waals surface area contributed by atoms with Crippen molar-refractivity contribution in [1.29, 1.82) is 0 Å². The molecule has 22 heavy (non-hydrogen) atoms. The summed E-state index contributed by atoms with van der Waals surface area (Å²) in [5.41, 5.74) is 1.03. The SMILES string of the molecule is Cc1ccc(S(=O)(=O)N2CCC[C@H](C(=O)NC3CC3)C2)cc1. The molecule has 120 valence electrons.